The van der Waals surface area contributed by atoms with E-state index < -0.39 is 11.9 Å². The Kier molecular flexibility index (Phi) is 3.86. The molecule has 0 radical (unpaired) electrons. The fourth-order valence-electron chi connectivity index (χ4n) is 1.12. The van der Waals surface area contributed by atoms with Crippen molar-refractivity contribution < 1.29 is 9.50 Å². The highest BCUT2D eigenvalue weighted by atomic mass is 35.5. The van der Waals surface area contributed by atoms with Crippen LogP contribution in [0.4, 0.5) is 4.39 Å². The standard InChI is InChI=1S/C10H13ClFNO/c1-6(13)9(14)5-7-3-2-4-8(11)10(7)12/h2-4,6,9,14H,5,13H2,1H3/t6-,9?/m1/s1. The molecule has 3 N–H and O–H groups in total. The van der Waals surface area contributed by atoms with Gasteiger partial charge in [-0.1, -0.05) is 23.7 Å². The van der Waals surface area contributed by atoms with Crippen LogP contribution in [0.3, 0.4) is 0 Å². The second kappa shape index (κ2) is 4.73. The highest BCUT2D eigenvalue weighted by molar-refractivity contribution is 6.30. The van der Waals surface area contributed by atoms with Gasteiger partial charge in [0.15, 0.2) is 0 Å². The van der Waals surface area contributed by atoms with Crippen molar-refractivity contribution in [1.29, 1.82) is 0 Å². The second-order valence-electron chi connectivity index (χ2n) is 3.34. The lowest BCUT2D eigenvalue weighted by molar-refractivity contribution is 0.150. The van der Waals surface area contributed by atoms with Crippen LogP contribution >= 0.6 is 11.6 Å². The first-order chi connectivity index (χ1) is 6.52. The summed E-state index contributed by atoms with van der Waals surface area (Å²) in [6, 6.07) is 4.33. The van der Waals surface area contributed by atoms with Crippen molar-refractivity contribution in [3.8, 4) is 0 Å². The predicted octanol–water partition coefficient (Wildman–Crippen LogP) is 1.73. The maximum absolute atomic E-state index is 13.3. The molecular formula is C10H13ClFNO. The van der Waals surface area contributed by atoms with Crippen LogP contribution in [0, 0.1) is 5.82 Å². The fraction of sp³-hybridized carbons (Fsp3) is 0.400. The van der Waals surface area contributed by atoms with E-state index in [1.165, 1.54) is 6.07 Å². The molecule has 1 unspecified atom stereocenters. The SMILES string of the molecule is C[C@@H](N)C(O)Cc1cccc(Cl)c1F. The molecule has 0 saturated heterocycles. The topological polar surface area (TPSA) is 46.2 Å². The lowest BCUT2D eigenvalue weighted by Gasteiger charge is -2.14. The Bertz CT molecular complexity index is 317. The minimum absolute atomic E-state index is 0.0689. The summed E-state index contributed by atoms with van der Waals surface area (Å²) in [5.74, 6) is -0.478. The Morgan fingerprint density at radius 1 is 1.57 bits per heavy atom. The second-order valence-corrected chi connectivity index (χ2v) is 3.75. The van der Waals surface area contributed by atoms with Crippen LogP contribution in [0.2, 0.25) is 5.02 Å². The van der Waals surface area contributed by atoms with E-state index in [1.54, 1.807) is 19.1 Å². The number of nitrogens with two attached hydrogens (primary N) is 1. The van der Waals surface area contributed by atoms with Crippen LogP contribution in [0.15, 0.2) is 18.2 Å². The van der Waals surface area contributed by atoms with Gasteiger partial charge in [0.25, 0.3) is 0 Å². The van der Waals surface area contributed by atoms with Crippen LogP contribution in [-0.2, 0) is 6.42 Å². The maximum atomic E-state index is 13.3. The van der Waals surface area contributed by atoms with Gasteiger partial charge in [-0.3, -0.25) is 0 Å². The molecule has 0 fully saturated rings. The summed E-state index contributed by atoms with van der Waals surface area (Å²) < 4.78 is 13.3. The molecule has 2 atom stereocenters. The highest BCUT2D eigenvalue weighted by Gasteiger charge is 2.14. The third-order valence-corrected chi connectivity index (χ3v) is 2.36. The monoisotopic (exact) mass is 217 g/mol. The van der Waals surface area contributed by atoms with Gasteiger partial charge >= 0.3 is 0 Å². The van der Waals surface area contributed by atoms with Gasteiger partial charge in [0.1, 0.15) is 5.82 Å². The van der Waals surface area contributed by atoms with E-state index in [1.807, 2.05) is 0 Å². The van der Waals surface area contributed by atoms with Gasteiger partial charge in [-0.05, 0) is 18.6 Å². The zero-order chi connectivity index (χ0) is 10.7. The number of aliphatic hydroxyl groups is 1. The molecule has 0 amide bonds. The van der Waals surface area contributed by atoms with Crippen molar-refractivity contribution in [2.45, 2.75) is 25.5 Å². The third kappa shape index (κ3) is 2.67. The molecule has 1 aromatic carbocycles. The van der Waals surface area contributed by atoms with Crippen molar-refractivity contribution in [3.05, 3.63) is 34.6 Å². The number of aliphatic hydroxyl groups excluding tert-OH is 1. The molecule has 0 bridgehead atoms. The first-order valence-electron chi connectivity index (χ1n) is 4.39. The van der Waals surface area contributed by atoms with Crippen LogP contribution in [0.25, 0.3) is 0 Å². The van der Waals surface area contributed by atoms with Crippen molar-refractivity contribution in [2.75, 3.05) is 0 Å². The molecule has 0 aliphatic carbocycles. The number of hydrogen-bond donors (Lipinski definition) is 2. The molecule has 2 nitrogen and oxygen atoms in total. The van der Waals surface area contributed by atoms with Gasteiger partial charge in [-0.2, -0.15) is 0 Å². The van der Waals surface area contributed by atoms with Crippen molar-refractivity contribution in [1.82, 2.24) is 0 Å². The number of rotatable bonds is 3. The molecule has 78 valence electrons. The molecule has 1 aromatic rings. The molecule has 0 heterocycles. The first kappa shape index (κ1) is 11.4. The van der Waals surface area contributed by atoms with Crippen LogP contribution in [-0.4, -0.2) is 17.3 Å². The summed E-state index contributed by atoms with van der Waals surface area (Å²) in [4.78, 5) is 0. The predicted molar refractivity (Wildman–Crippen MR) is 54.8 cm³/mol. The van der Waals surface area contributed by atoms with E-state index in [0.717, 1.165) is 0 Å². The lowest BCUT2D eigenvalue weighted by Crippen LogP contribution is -2.33. The Balaban J connectivity index is 2.82. The molecular weight excluding hydrogens is 205 g/mol. The van der Waals surface area contributed by atoms with Gasteiger partial charge in [0.2, 0.25) is 0 Å². The summed E-state index contributed by atoms with van der Waals surface area (Å²) in [5, 5.41) is 9.53. The molecule has 0 spiro atoms. The molecule has 0 saturated carbocycles. The normalized spacial score (nSPS) is 15.2. The smallest absolute Gasteiger partial charge is 0.145 e. The zero-order valence-corrected chi connectivity index (χ0v) is 8.63. The van der Waals surface area contributed by atoms with Gasteiger partial charge in [0.05, 0.1) is 11.1 Å². The lowest BCUT2D eigenvalue weighted by atomic mass is 10.0. The maximum Gasteiger partial charge on any atom is 0.145 e. The summed E-state index contributed by atoms with van der Waals surface area (Å²) in [7, 11) is 0. The van der Waals surface area contributed by atoms with Gasteiger partial charge in [0, 0.05) is 12.5 Å². The van der Waals surface area contributed by atoms with E-state index in [0.29, 0.717) is 5.56 Å². The first-order valence-corrected chi connectivity index (χ1v) is 4.76. The van der Waals surface area contributed by atoms with E-state index in [4.69, 9.17) is 17.3 Å². The Morgan fingerprint density at radius 3 is 2.79 bits per heavy atom. The average Bonchev–Trinajstić information content (AvgIpc) is 2.12. The minimum Gasteiger partial charge on any atom is -0.391 e. The molecule has 14 heavy (non-hydrogen) atoms. The molecule has 0 aliphatic rings. The van der Waals surface area contributed by atoms with Crippen LogP contribution < -0.4 is 5.73 Å². The van der Waals surface area contributed by atoms with Crippen LogP contribution in [0.5, 0.6) is 0 Å². The average molecular weight is 218 g/mol. The van der Waals surface area contributed by atoms with E-state index in [9.17, 15) is 9.50 Å². The summed E-state index contributed by atoms with van der Waals surface area (Å²) >= 11 is 5.59. The Labute approximate surface area is 87.5 Å². The molecule has 0 aliphatic heterocycles. The molecule has 0 aromatic heterocycles. The number of hydrogen-bond acceptors (Lipinski definition) is 2. The van der Waals surface area contributed by atoms with Crippen LogP contribution in [0.1, 0.15) is 12.5 Å². The fourth-order valence-corrected chi connectivity index (χ4v) is 1.31. The van der Waals surface area contributed by atoms with Gasteiger partial charge < -0.3 is 10.8 Å². The minimum atomic E-state index is -0.747. The van der Waals surface area contributed by atoms with E-state index in [2.05, 4.69) is 0 Å². The van der Waals surface area contributed by atoms with Crippen molar-refractivity contribution in [2.24, 2.45) is 5.73 Å². The summed E-state index contributed by atoms with van der Waals surface area (Å²) in [5.41, 5.74) is 5.86. The van der Waals surface area contributed by atoms with Gasteiger partial charge in [-0.15, -0.1) is 0 Å². The summed E-state index contributed by atoms with van der Waals surface area (Å²) in [6.45, 7) is 1.67. The van der Waals surface area contributed by atoms with Gasteiger partial charge in [-0.25, -0.2) is 4.39 Å². The quantitative estimate of drug-likeness (QED) is 0.810. The largest absolute Gasteiger partial charge is 0.391 e. The van der Waals surface area contributed by atoms with E-state index >= 15 is 0 Å². The summed E-state index contributed by atoms with van der Waals surface area (Å²) in [6.07, 6.45) is -0.563. The van der Waals surface area contributed by atoms with E-state index in [-0.39, 0.29) is 17.5 Å². The Hall–Kier alpha value is -0.640. The van der Waals surface area contributed by atoms with Crippen molar-refractivity contribution in [3.63, 3.8) is 0 Å². The number of benzene rings is 1. The van der Waals surface area contributed by atoms with Crippen molar-refractivity contribution >= 4 is 11.6 Å². The molecule has 1 rings (SSSR count). The molecule has 4 heteroatoms. The zero-order valence-electron chi connectivity index (χ0n) is 7.87. The third-order valence-electron chi connectivity index (χ3n) is 2.07. The Morgan fingerprint density at radius 2 is 2.21 bits per heavy atom. The number of halogens is 2. The highest BCUT2D eigenvalue weighted by Crippen LogP contribution is 2.19.